The van der Waals surface area contributed by atoms with Crippen molar-refractivity contribution in [3.05, 3.63) is 35.9 Å². The van der Waals surface area contributed by atoms with Crippen LogP contribution >= 0.6 is 0 Å². The Morgan fingerprint density at radius 3 is 2.18 bits per heavy atom. The van der Waals surface area contributed by atoms with Crippen LogP contribution in [0.1, 0.15) is 104 Å². The lowest BCUT2D eigenvalue weighted by Crippen LogP contribution is -2.63. The van der Waals surface area contributed by atoms with E-state index >= 15 is 0 Å². The van der Waals surface area contributed by atoms with E-state index in [4.69, 9.17) is 42.6 Å². The zero-order valence-corrected chi connectivity index (χ0v) is 32.3. The first-order chi connectivity index (χ1) is 24.7. The van der Waals surface area contributed by atoms with Crippen LogP contribution < -0.4 is 0 Å². The molecule has 1 saturated heterocycles. The third-order valence-electron chi connectivity index (χ3n) is 14.0. The van der Waals surface area contributed by atoms with E-state index in [1.54, 1.807) is 7.11 Å². The highest BCUT2D eigenvalue weighted by Crippen LogP contribution is 2.71. The molecule has 14 atom stereocenters. The molecule has 51 heavy (non-hydrogen) atoms. The third kappa shape index (κ3) is 7.45. The predicted octanol–water partition coefficient (Wildman–Crippen LogP) is 6.82. The fourth-order valence-electron chi connectivity index (χ4n) is 11.5. The zero-order valence-electron chi connectivity index (χ0n) is 32.3. The van der Waals surface area contributed by atoms with Crippen LogP contribution in [0.4, 0.5) is 0 Å². The number of aliphatic hydroxyl groups excluding tert-OH is 1. The summed E-state index contributed by atoms with van der Waals surface area (Å²) in [6, 6.07) is 10.6. The van der Waals surface area contributed by atoms with Crippen LogP contribution in [0.3, 0.4) is 0 Å². The summed E-state index contributed by atoms with van der Waals surface area (Å²) in [5.74, 6) is 1.41. The molecule has 10 heteroatoms. The number of aliphatic hydroxyl groups is 1. The first kappa shape index (κ1) is 39.5. The molecular weight excluding hydrogens is 652 g/mol. The van der Waals surface area contributed by atoms with E-state index < -0.39 is 30.2 Å². The number of hydrogen-bond acceptors (Lipinski definition) is 10. The second-order valence-corrected chi connectivity index (χ2v) is 16.2. The van der Waals surface area contributed by atoms with Crippen molar-refractivity contribution in [2.75, 3.05) is 47.3 Å². The Bertz CT molecular complexity index is 1220. The fraction of sp³-hybridized carbons (Fsp3) is 0.854. The highest BCUT2D eigenvalue weighted by molar-refractivity contribution is 5.32. The van der Waals surface area contributed by atoms with Crippen molar-refractivity contribution in [3.8, 4) is 0 Å². The molecule has 5 fully saturated rings. The van der Waals surface area contributed by atoms with Gasteiger partial charge in [-0.3, -0.25) is 0 Å². The first-order valence-corrected chi connectivity index (χ1v) is 19.8. The van der Waals surface area contributed by atoms with Crippen molar-refractivity contribution in [2.24, 2.45) is 28.6 Å². The van der Waals surface area contributed by atoms with Gasteiger partial charge in [0.15, 0.2) is 6.29 Å². The molecule has 1 aromatic rings. The summed E-state index contributed by atoms with van der Waals surface area (Å²) < 4.78 is 55.7. The number of methoxy groups -OCH3 is 1. The minimum absolute atomic E-state index is 0.0341. The van der Waals surface area contributed by atoms with Crippen molar-refractivity contribution < 1.29 is 47.7 Å². The summed E-state index contributed by atoms with van der Waals surface area (Å²) in [4.78, 5) is 0. The number of fused-ring (bicyclic) bond motifs is 5. The SMILES string of the molecule is CCOCO[C@@H]1[C@H](O[C@H]2CC[C@@]3(C)[C@H](CC[C@@H]4[C@@H]3CC[C@]3(C)[C@@H](c5ccccc5)[C@H](O)C[C@]43OCOCC)C2)O[C@@H](C)[C@H](OCOCC)[C@H]1OC. The molecular formula is C41H66O10. The fourth-order valence-corrected chi connectivity index (χ4v) is 11.5. The molecule has 1 heterocycles. The Kier molecular flexibility index (Phi) is 13.2. The number of ether oxygens (including phenoxy) is 9. The summed E-state index contributed by atoms with van der Waals surface area (Å²) in [7, 11) is 1.68. The minimum atomic E-state index is -0.608. The van der Waals surface area contributed by atoms with E-state index in [0.717, 1.165) is 44.9 Å². The molecule has 0 spiro atoms. The second-order valence-electron chi connectivity index (χ2n) is 16.2. The molecule has 1 aliphatic heterocycles. The van der Waals surface area contributed by atoms with Crippen molar-refractivity contribution in [1.82, 2.24) is 0 Å². The van der Waals surface area contributed by atoms with Gasteiger partial charge in [0.05, 0.1) is 23.9 Å². The van der Waals surface area contributed by atoms with Gasteiger partial charge in [0.25, 0.3) is 0 Å². The lowest BCUT2D eigenvalue weighted by Gasteiger charge is -2.64. The first-order valence-electron chi connectivity index (χ1n) is 19.8. The molecule has 10 nitrogen and oxygen atoms in total. The smallest absolute Gasteiger partial charge is 0.187 e. The average Bonchev–Trinajstić information content (AvgIpc) is 3.36. The number of benzene rings is 1. The number of hydrogen-bond donors (Lipinski definition) is 1. The monoisotopic (exact) mass is 718 g/mol. The van der Waals surface area contributed by atoms with Gasteiger partial charge in [-0.1, -0.05) is 44.2 Å². The molecule has 1 aromatic carbocycles. The molecule has 4 aliphatic carbocycles. The van der Waals surface area contributed by atoms with E-state index in [2.05, 4.69) is 44.2 Å². The standard InChI is InChI=1S/C41H66O10/c1-8-44-24-47-35-27(4)50-38(37(36(35)43-7)48-25-45-9-2)51-30-18-20-39(5)29(22-30)16-17-32-31(39)19-21-40(6)34(28-14-12-11-13-15-28)33(42)23-41(32,40)49-26-46-10-3/h11-15,27,29-38,42H,8-10,16-26H2,1-7H3/t27-,29+,30-,31-,32+,33+,34-,35-,36+,37-,38-,39-,40+,41-/m0/s1. The van der Waals surface area contributed by atoms with Gasteiger partial charge in [-0.15, -0.1) is 0 Å². The Labute approximate surface area is 306 Å². The maximum absolute atomic E-state index is 11.9. The van der Waals surface area contributed by atoms with E-state index in [9.17, 15) is 5.11 Å². The molecule has 0 amide bonds. The number of rotatable bonds is 16. The van der Waals surface area contributed by atoms with Crippen LogP contribution in [0.15, 0.2) is 30.3 Å². The average molecular weight is 719 g/mol. The minimum Gasteiger partial charge on any atom is -0.392 e. The maximum Gasteiger partial charge on any atom is 0.187 e. The van der Waals surface area contributed by atoms with Crippen LogP contribution in [0.5, 0.6) is 0 Å². The van der Waals surface area contributed by atoms with Crippen LogP contribution in [-0.4, -0.2) is 101 Å². The van der Waals surface area contributed by atoms with Gasteiger partial charge in [-0.2, -0.15) is 0 Å². The van der Waals surface area contributed by atoms with Crippen LogP contribution in [-0.2, 0) is 42.6 Å². The topological polar surface area (TPSA) is 103 Å². The molecule has 1 N–H and O–H groups in total. The highest BCUT2D eigenvalue weighted by Gasteiger charge is 2.71. The summed E-state index contributed by atoms with van der Waals surface area (Å²) in [6.45, 7) is 15.1. The summed E-state index contributed by atoms with van der Waals surface area (Å²) in [6.07, 6.45) is 5.42. The lowest BCUT2D eigenvalue weighted by molar-refractivity contribution is -0.339. The van der Waals surface area contributed by atoms with Crippen molar-refractivity contribution in [2.45, 2.75) is 147 Å². The van der Waals surface area contributed by atoms with E-state index in [-0.39, 0.29) is 55.4 Å². The second kappa shape index (κ2) is 17.1. The van der Waals surface area contributed by atoms with Gasteiger partial charge < -0.3 is 47.7 Å². The molecule has 0 aromatic heterocycles. The normalized spacial score (nSPS) is 43.7. The summed E-state index contributed by atoms with van der Waals surface area (Å²) >= 11 is 0. The van der Waals surface area contributed by atoms with Gasteiger partial charge in [0.1, 0.15) is 38.7 Å². The van der Waals surface area contributed by atoms with E-state index in [1.165, 1.54) is 5.56 Å². The predicted molar refractivity (Wildman–Crippen MR) is 192 cm³/mol. The Morgan fingerprint density at radius 2 is 1.49 bits per heavy atom. The van der Waals surface area contributed by atoms with Crippen LogP contribution in [0.2, 0.25) is 0 Å². The Hall–Kier alpha value is -1.18. The van der Waals surface area contributed by atoms with Crippen molar-refractivity contribution in [3.63, 3.8) is 0 Å². The van der Waals surface area contributed by atoms with Crippen molar-refractivity contribution >= 4 is 0 Å². The summed E-state index contributed by atoms with van der Waals surface area (Å²) in [5, 5.41) is 11.9. The van der Waals surface area contributed by atoms with Crippen LogP contribution in [0, 0.1) is 28.6 Å². The quantitative estimate of drug-likeness (QED) is 0.111. The molecule has 0 bridgehead atoms. The maximum atomic E-state index is 11.9. The van der Waals surface area contributed by atoms with E-state index in [0.29, 0.717) is 44.0 Å². The van der Waals surface area contributed by atoms with E-state index in [1.807, 2.05) is 27.7 Å². The highest BCUT2D eigenvalue weighted by atomic mass is 16.8. The largest absolute Gasteiger partial charge is 0.392 e. The molecule has 0 radical (unpaired) electrons. The molecule has 290 valence electrons. The lowest BCUT2D eigenvalue weighted by atomic mass is 9.43. The molecule has 6 rings (SSSR count). The van der Waals surface area contributed by atoms with Gasteiger partial charge in [0.2, 0.25) is 0 Å². The van der Waals surface area contributed by atoms with Gasteiger partial charge in [-0.05, 0) is 101 Å². The Morgan fingerprint density at radius 1 is 0.804 bits per heavy atom. The summed E-state index contributed by atoms with van der Waals surface area (Å²) in [5.41, 5.74) is 0.736. The van der Waals surface area contributed by atoms with Crippen molar-refractivity contribution in [1.29, 1.82) is 0 Å². The molecule has 5 aliphatic rings. The van der Waals surface area contributed by atoms with Gasteiger partial charge in [-0.25, -0.2) is 0 Å². The van der Waals surface area contributed by atoms with Gasteiger partial charge in [0, 0.05) is 44.7 Å². The molecule has 4 saturated carbocycles. The van der Waals surface area contributed by atoms with Gasteiger partial charge >= 0.3 is 0 Å². The zero-order chi connectivity index (χ0) is 36.2. The molecule has 0 unspecified atom stereocenters. The third-order valence-corrected chi connectivity index (χ3v) is 14.0. The Balaban J connectivity index is 1.19. The van der Waals surface area contributed by atoms with Crippen LogP contribution in [0.25, 0.3) is 0 Å².